The first-order valence-corrected chi connectivity index (χ1v) is 15.2. The zero-order chi connectivity index (χ0) is 30.6. The van der Waals surface area contributed by atoms with E-state index in [1.807, 2.05) is 6.07 Å². The molecule has 0 aliphatic rings. The Balaban J connectivity index is 1.59. The van der Waals surface area contributed by atoms with E-state index in [1.165, 1.54) is 12.1 Å². The van der Waals surface area contributed by atoms with Crippen molar-refractivity contribution in [2.75, 3.05) is 5.75 Å². The van der Waals surface area contributed by atoms with Crippen molar-refractivity contribution in [3.8, 4) is 5.75 Å². The summed E-state index contributed by atoms with van der Waals surface area (Å²) in [5.74, 6) is -2.12. The fourth-order valence-electron chi connectivity index (χ4n) is 4.04. The molecule has 1 unspecified atom stereocenters. The van der Waals surface area contributed by atoms with Gasteiger partial charge < -0.3 is 15.1 Å². The topological polar surface area (TPSA) is 121 Å². The van der Waals surface area contributed by atoms with Gasteiger partial charge >= 0.3 is 11.9 Å². The van der Waals surface area contributed by atoms with Crippen LogP contribution < -0.4 is 0 Å². The molecule has 0 saturated carbocycles. The number of nitrogens with zero attached hydrogens (tertiary/aromatic N) is 1. The van der Waals surface area contributed by atoms with Gasteiger partial charge in [0.1, 0.15) is 17.0 Å². The fourth-order valence-corrected chi connectivity index (χ4v) is 5.93. The highest BCUT2D eigenvalue weighted by Gasteiger charge is 2.34. The molecule has 0 amide bonds. The summed E-state index contributed by atoms with van der Waals surface area (Å²) in [4.78, 5) is 57.9. The highest BCUT2D eigenvalue weighted by molar-refractivity contribution is 8.18. The van der Waals surface area contributed by atoms with Gasteiger partial charge in [0.05, 0.1) is 6.54 Å². The Morgan fingerprint density at radius 1 is 0.698 bits per heavy atom. The highest BCUT2D eigenvalue weighted by atomic mass is 32.2. The van der Waals surface area contributed by atoms with Gasteiger partial charge in [-0.3, -0.25) is 14.4 Å². The first-order chi connectivity index (χ1) is 20.8. The summed E-state index contributed by atoms with van der Waals surface area (Å²) in [5.41, 5.74) is 2.13. The van der Waals surface area contributed by atoms with Gasteiger partial charge in [-0.15, -0.1) is 5.06 Å². The van der Waals surface area contributed by atoms with E-state index in [4.69, 9.17) is 4.84 Å². The molecule has 0 aliphatic heterocycles. The molecule has 0 aliphatic carbocycles. The van der Waals surface area contributed by atoms with Gasteiger partial charge in [0.2, 0.25) is 10.2 Å². The SMILES string of the molecule is O=C(SCC(SC(=O)c1ccccc1)C(=O)ON(Cc1ccccc1)[C@@H](Cc1ccc(O)cc1)C(=O)O)c1ccccc1. The van der Waals surface area contributed by atoms with Crippen LogP contribution in [0.2, 0.25) is 0 Å². The van der Waals surface area contributed by atoms with Crippen LogP contribution in [0.5, 0.6) is 5.75 Å². The third-order valence-electron chi connectivity index (χ3n) is 6.28. The maximum Gasteiger partial charge on any atom is 0.339 e. The van der Waals surface area contributed by atoms with Crippen LogP contribution in [-0.2, 0) is 27.4 Å². The molecule has 4 rings (SSSR count). The molecule has 8 nitrogen and oxygen atoms in total. The fraction of sp³-hybridized carbons (Fsp3) is 0.152. The average molecular weight is 616 g/mol. The lowest BCUT2D eigenvalue weighted by Crippen LogP contribution is -2.45. The first kappa shape index (κ1) is 31.6. The Kier molecular flexibility index (Phi) is 11.5. The normalized spacial score (nSPS) is 12.3. The molecule has 4 aromatic rings. The summed E-state index contributed by atoms with van der Waals surface area (Å²) in [6, 6.07) is 30.7. The van der Waals surface area contributed by atoms with Gasteiger partial charge in [0.15, 0.2) is 0 Å². The molecule has 0 spiro atoms. The van der Waals surface area contributed by atoms with Crippen LogP contribution >= 0.6 is 23.5 Å². The smallest absolute Gasteiger partial charge is 0.339 e. The number of phenols is 1. The van der Waals surface area contributed by atoms with Crippen molar-refractivity contribution >= 4 is 45.7 Å². The van der Waals surface area contributed by atoms with Gasteiger partial charge in [0.25, 0.3) is 0 Å². The van der Waals surface area contributed by atoms with Crippen molar-refractivity contribution in [3.63, 3.8) is 0 Å². The molecule has 220 valence electrons. The number of carboxylic acid groups (broad SMARTS) is 1. The number of hydrogen-bond donors (Lipinski definition) is 2. The van der Waals surface area contributed by atoms with E-state index in [0.29, 0.717) is 22.3 Å². The molecule has 0 fully saturated rings. The highest BCUT2D eigenvalue weighted by Crippen LogP contribution is 2.26. The number of phenolic OH excluding ortho intramolecular Hbond substituents is 1. The molecule has 43 heavy (non-hydrogen) atoms. The molecule has 2 N–H and O–H groups in total. The quantitative estimate of drug-likeness (QED) is 0.177. The maximum atomic E-state index is 13.7. The zero-order valence-corrected chi connectivity index (χ0v) is 24.6. The number of hydroxylamine groups is 2. The molecule has 10 heteroatoms. The monoisotopic (exact) mass is 615 g/mol. The maximum absolute atomic E-state index is 13.7. The number of aromatic hydroxyl groups is 1. The summed E-state index contributed by atoms with van der Waals surface area (Å²) in [6.07, 6.45) is -0.0300. The van der Waals surface area contributed by atoms with E-state index in [0.717, 1.165) is 28.6 Å². The predicted octanol–water partition coefficient (Wildman–Crippen LogP) is 5.86. The molecular formula is C33H29NO7S2. The largest absolute Gasteiger partial charge is 0.508 e. The van der Waals surface area contributed by atoms with Crippen molar-refractivity contribution < 1.29 is 34.2 Å². The van der Waals surface area contributed by atoms with Crippen LogP contribution in [0.25, 0.3) is 0 Å². The van der Waals surface area contributed by atoms with Crippen LogP contribution in [0.3, 0.4) is 0 Å². The molecule has 0 bridgehead atoms. The lowest BCUT2D eigenvalue weighted by Gasteiger charge is -2.29. The summed E-state index contributed by atoms with van der Waals surface area (Å²) in [5, 5.41) is 19.2. The van der Waals surface area contributed by atoms with Crippen LogP contribution in [0.4, 0.5) is 0 Å². The van der Waals surface area contributed by atoms with E-state index >= 15 is 0 Å². The Morgan fingerprint density at radius 2 is 1.23 bits per heavy atom. The van der Waals surface area contributed by atoms with Crippen molar-refractivity contribution in [3.05, 3.63) is 138 Å². The first-order valence-electron chi connectivity index (χ1n) is 13.3. The van der Waals surface area contributed by atoms with Crippen LogP contribution in [-0.4, -0.2) is 54.5 Å². The standard InChI is InChI=1S/C33H29NO7S2/c35-27-18-16-23(17-19-27)20-28(30(36)37)34(21-24-10-4-1-5-11-24)41-31(38)29(43-33(40)26-14-8-3-9-15-26)22-42-32(39)25-12-6-2-7-13-25/h1-19,28-29,35H,20-22H2,(H,36,37)/t28-,29?/m0/s1. The lowest BCUT2D eigenvalue weighted by molar-refractivity contribution is -0.209. The predicted molar refractivity (Wildman–Crippen MR) is 167 cm³/mol. The summed E-state index contributed by atoms with van der Waals surface area (Å²) >= 11 is 1.61. The van der Waals surface area contributed by atoms with Crippen LogP contribution in [0, 0.1) is 0 Å². The van der Waals surface area contributed by atoms with E-state index in [1.54, 1.807) is 97.1 Å². The number of hydrogen-bond acceptors (Lipinski definition) is 9. The number of carbonyl (C=O) groups is 4. The van der Waals surface area contributed by atoms with E-state index in [-0.39, 0.29) is 34.7 Å². The average Bonchev–Trinajstić information content (AvgIpc) is 3.03. The summed E-state index contributed by atoms with van der Waals surface area (Å²) in [7, 11) is 0. The second kappa shape index (κ2) is 15.7. The Bertz CT molecular complexity index is 1520. The lowest BCUT2D eigenvalue weighted by atomic mass is 10.0. The molecule has 2 atom stereocenters. The van der Waals surface area contributed by atoms with Gasteiger partial charge in [-0.25, -0.2) is 4.79 Å². The number of carbonyl (C=O) groups excluding carboxylic acids is 3. The number of aliphatic carboxylic acids is 1. The third-order valence-corrected chi connectivity index (χ3v) is 8.59. The molecule has 4 aromatic carbocycles. The number of carboxylic acids is 1. The second-order valence-corrected chi connectivity index (χ2v) is 11.6. The van der Waals surface area contributed by atoms with Gasteiger partial charge in [-0.1, -0.05) is 127 Å². The van der Waals surface area contributed by atoms with Crippen LogP contribution in [0.15, 0.2) is 115 Å². The minimum absolute atomic E-state index is 0.0300. The van der Waals surface area contributed by atoms with E-state index < -0.39 is 23.2 Å². The van der Waals surface area contributed by atoms with Gasteiger partial charge in [-0.2, -0.15) is 0 Å². The molecule has 0 radical (unpaired) electrons. The molecular weight excluding hydrogens is 586 g/mol. The van der Waals surface area contributed by atoms with Crippen molar-refractivity contribution in [2.45, 2.75) is 24.3 Å². The van der Waals surface area contributed by atoms with Crippen molar-refractivity contribution in [1.82, 2.24) is 5.06 Å². The van der Waals surface area contributed by atoms with Gasteiger partial charge in [0, 0.05) is 23.3 Å². The number of benzene rings is 4. The van der Waals surface area contributed by atoms with E-state index in [2.05, 4.69) is 0 Å². The number of rotatable bonds is 13. The minimum Gasteiger partial charge on any atom is -0.508 e. The molecule has 0 aromatic heterocycles. The zero-order valence-electron chi connectivity index (χ0n) is 22.9. The second-order valence-electron chi connectivity index (χ2n) is 9.42. The molecule has 0 heterocycles. The minimum atomic E-state index is -1.29. The summed E-state index contributed by atoms with van der Waals surface area (Å²) < 4.78 is 0. The van der Waals surface area contributed by atoms with Crippen molar-refractivity contribution in [2.24, 2.45) is 0 Å². The van der Waals surface area contributed by atoms with E-state index in [9.17, 15) is 29.4 Å². The Labute approximate surface area is 257 Å². The number of thioether (sulfide) groups is 2. The van der Waals surface area contributed by atoms with Gasteiger partial charge in [-0.05, 0) is 23.3 Å². The molecule has 0 saturated heterocycles. The Morgan fingerprint density at radius 3 is 1.79 bits per heavy atom. The van der Waals surface area contributed by atoms with Crippen molar-refractivity contribution in [1.29, 1.82) is 0 Å². The Hall–Kier alpha value is -4.38. The van der Waals surface area contributed by atoms with Crippen LogP contribution in [0.1, 0.15) is 31.8 Å². The third kappa shape index (κ3) is 9.57. The summed E-state index contributed by atoms with van der Waals surface area (Å²) in [6.45, 7) is -0.0399.